The summed E-state index contributed by atoms with van der Waals surface area (Å²) in [5.41, 5.74) is 7.59. The molecule has 0 radical (unpaired) electrons. The molecule has 0 aliphatic carbocycles. The first kappa shape index (κ1) is 25.7. The molecule has 0 saturated carbocycles. The SMILES string of the molecule is NC(=Nc1c(F)cc(F)cc1F)c1cnc(Nc2ccc(N3CCOCC3)cc2)nc1NC1CCOCC1. The maximum atomic E-state index is 14.2. The van der Waals surface area contributed by atoms with Crippen LogP contribution in [0.1, 0.15) is 18.4 Å². The van der Waals surface area contributed by atoms with Crippen LogP contribution in [0.3, 0.4) is 0 Å². The maximum absolute atomic E-state index is 14.2. The Kier molecular flexibility index (Phi) is 7.89. The molecule has 2 fully saturated rings. The van der Waals surface area contributed by atoms with Crippen molar-refractivity contribution in [1.82, 2.24) is 9.97 Å². The highest BCUT2D eigenvalue weighted by Crippen LogP contribution is 2.27. The molecule has 3 heterocycles. The zero-order chi connectivity index (χ0) is 26.5. The number of anilines is 4. The average molecular weight is 528 g/mol. The number of aromatic nitrogens is 2. The topological polar surface area (TPSA) is 110 Å². The van der Waals surface area contributed by atoms with Crippen LogP contribution in [0.2, 0.25) is 0 Å². The molecule has 3 aromatic rings. The quantitative estimate of drug-likeness (QED) is 0.311. The van der Waals surface area contributed by atoms with Gasteiger partial charge in [0.05, 0.1) is 18.8 Å². The van der Waals surface area contributed by atoms with Crippen LogP contribution in [0.4, 0.5) is 42.0 Å². The predicted octanol–water partition coefficient (Wildman–Crippen LogP) is 4.10. The van der Waals surface area contributed by atoms with Crippen LogP contribution in [0.25, 0.3) is 0 Å². The Morgan fingerprint density at radius 2 is 1.63 bits per heavy atom. The highest BCUT2D eigenvalue weighted by Gasteiger charge is 2.20. The standard InChI is InChI=1S/C26H28F3N7O2/c27-16-13-21(28)23(22(29)14-16)34-24(30)20-15-31-26(35-25(20)32-18-5-9-37-10-6-18)33-17-1-3-19(4-2-17)36-7-11-38-12-8-36/h1-4,13-15,18H,5-12H2,(H2,30,34)(H2,31,32,33,35). The first-order valence-corrected chi connectivity index (χ1v) is 12.4. The van der Waals surface area contributed by atoms with Gasteiger partial charge in [-0.3, -0.25) is 0 Å². The van der Waals surface area contributed by atoms with E-state index in [9.17, 15) is 13.2 Å². The van der Waals surface area contributed by atoms with Crippen LogP contribution in [0, 0.1) is 17.5 Å². The summed E-state index contributed by atoms with van der Waals surface area (Å²) in [7, 11) is 0. The van der Waals surface area contributed by atoms with Crippen molar-refractivity contribution in [2.24, 2.45) is 10.7 Å². The van der Waals surface area contributed by atoms with E-state index in [2.05, 4.69) is 30.5 Å². The van der Waals surface area contributed by atoms with Gasteiger partial charge in [-0.05, 0) is 37.1 Å². The molecule has 200 valence electrons. The Hall–Kier alpha value is -3.90. The van der Waals surface area contributed by atoms with Gasteiger partial charge >= 0.3 is 0 Å². The highest BCUT2D eigenvalue weighted by atomic mass is 19.1. The molecule has 9 nitrogen and oxygen atoms in total. The molecule has 1 aromatic heterocycles. The lowest BCUT2D eigenvalue weighted by atomic mass is 10.1. The van der Waals surface area contributed by atoms with Crippen molar-refractivity contribution < 1.29 is 22.6 Å². The number of rotatable bonds is 7. The third-order valence-corrected chi connectivity index (χ3v) is 6.34. The lowest BCUT2D eigenvalue weighted by Crippen LogP contribution is -2.36. The van der Waals surface area contributed by atoms with Crippen LogP contribution in [-0.2, 0) is 9.47 Å². The summed E-state index contributed by atoms with van der Waals surface area (Å²) < 4.78 is 52.5. The second-order valence-electron chi connectivity index (χ2n) is 8.97. The number of aliphatic imine (C=N–C) groups is 1. The first-order chi connectivity index (χ1) is 18.5. The van der Waals surface area contributed by atoms with Crippen LogP contribution in [-0.4, -0.2) is 61.4 Å². The summed E-state index contributed by atoms with van der Waals surface area (Å²) in [6.45, 7) is 4.27. The predicted molar refractivity (Wildman–Crippen MR) is 139 cm³/mol. The molecule has 4 N–H and O–H groups in total. The Bertz CT molecular complexity index is 1270. The number of halogens is 3. The van der Waals surface area contributed by atoms with E-state index in [1.165, 1.54) is 6.20 Å². The van der Waals surface area contributed by atoms with Crippen LogP contribution < -0.4 is 21.3 Å². The molecule has 0 amide bonds. The second-order valence-corrected chi connectivity index (χ2v) is 8.97. The van der Waals surface area contributed by atoms with Gasteiger partial charge in [0.1, 0.15) is 23.2 Å². The minimum Gasteiger partial charge on any atom is -0.383 e. The Morgan fingerprint density at radius 1 is 0.974 bits per heavy atom. The van der Waals surface area contributed by atoms with Crippen LogP contribution in [0.15, 0.2) is 47.6 Å². The lowest BCUT2D eigenvalue weighted by molar-refractivity contribution is 0.0904. The normalized spacial score (nSPS) is 16.9. The van der Waals surface area contributed by atoms with Gasteiger partial charge in [0.25, 0.3) is 0 Å². The summed E-state index contributed by atoms with van der Waals surface area (Å²) in [5.74, 6) is -2.94. The van der Waals surface area contributed by atoms with Gasteiger partial charge in [0.2, 0.25) is 5.95 Å². The first-order valence-electron chi connectivity index (χ1n) is 12.4. The molecule has 2 aromatic carbocycles. The molecule has 0 spiro atoms. The Labute approximate surface area is 217 Å². The summed E-state index contributed by atoms with van der Waals surface area (Å²) in [4.78, 5) is 15.1. The lowest BCUT2D eigenvalue weighted by Gasteiger charge is -2.28. The van der Waals surface area contributed by atoms with E-state index >= 15 is 0 Å². The van der Waals surface area contributed by atoms with Crippen molar-refractivity contribution >= 4 is 34.7 Å². The van der Waals surface area contributed by atoms with Gasteiger partial charge in [-0.2, -0.15) is 4.98 Å². The highest BCUT2D eigenvalue weighted by molar-refractivity contribution is 6.03. The van der Waals surface area contributed by atoms with E-state index in [0.717, 1.165) is 37.3 Å². The number of hydrogen-bond acceptors (Lipinski definition) is 8. The maximum Gasteiger partial charge on any atom is 0.229 e. The van der Waals surface area contributed by atoms with Gasteiger partial charge in [-0.1, -0.05) is 0 Å². The van der Waals surface area contributed by atoms with Crippen molar-refractivity contribution in [3.63, 3.8) is 0 Å². The average Bonchev–Trinajstić information content (AvgIpc) is 2.92. The van der Waals surface area contributed by atoms with Crippen molar-refractivity contribution in [1.29, 1.82) is 0 Å². The molecule has 0 atom stereocenters. The van der Waals surface area contributed by atoms with E-state index in [1.807, 2.05) is 24.3 Å². The number of nitrogens with zero attached hydrogens (tertiary/aromatic N) is 4. The van der Waals surface area contributed by atoms with Crippen LogP contribution >= 0.6 is 0 Å². The fourth-order valence-corrected chi connectivity index (χ4v) is 4.30. The van der Waals surface area contributed by atoms with Gasteiger partial charge in [-0.25, -0.2) is 23.1 Å². The third-order valence-electron chi connectivity index (χ3n) is 6.34. The summed E-state index contributed by atoms with van der Waals surface area (Å²) >= 11 is 0. The van der Waals surface area contributed by atoms with E-state index in [0.29, 0.717) is 50.3 Å². The third kappa shape index (κ3) is 6.14. The molecule has 2 aliphatic rings. The number of hydrogen-bond donors (Lipinski definition) is 3. The number of ether oxygens (including phenoxy) is 2. The van der Waals surface area contributed by atoms with Gasteiger partial charge in [0, 0.05) is 62.0 Å². The minimum absolute atomic E-state index is 0.0464. The smallest absolute Gasteiger partial charge is 0.229 e. The molecular formula is C26H28F3N7O2. The summed E-state index contributed by atoms with van der Waals surface area (Å²) in [6, 6.07) is 9.03. The zero-order valence-electron chi connectivity index (χ0n) is 20.6. The van der Waals surface area contributed by atoms with Crippen LogP contribution in [0.5, 0.6) is 0 Å². The van der Waals surface area contributed by atoms with E-state index in [4.69, 9.17) is 15.2 Å². The van der Waals surface area contributed by atoms with E-state index in [1.54, 1.807) is 0 Å². The second kappa shape index (κ2) is 11.7. The monoisotopic (exact) mass is 527 g/mol. The van der Waals surface area contributed by atoms with Crippen molar-refractivity contribution in [3.8, 4) is 0 Å². The number of morpholine rings is 1. The fourth-order valence-electron chi connectivity index (χ4n) is 4.30. The molecule has 12 heteroatoms. The number of nitrogens with one attached hydrogen (secondary N) is 2. The largest absolute Gasteiger partial charge is 0.383 e. The van der Waals surface area contributed by atoms with Gasteiger partial charge < -0.3 is 30.7 Å². The Balaban J connectivity index is 1.41. The molecule has 5 rings (SSSR count). The molecule has 2 aliphatic heterocycles. The van der Waals surface area contributed by atoms with E-state index in [-0.39, 0.29) is 17.4 Å². The van der Waals surface area contributed by atoms with Crippen molar-refractivity contribution in [2.45, 2.75) is 18.9 Å². The molecule has 0 bridgehead atoms. The number of amidine groups is 1. The minimum atomic E-state index is -1.16. The molecule has 0 unspecified atom stereocenters. The Morgan fingerprint density at radius 3 is 2.32 bits per heavy atom. The van der Waals surface area contributed by atoms with Crippen molar-refractivity contribution in [2.75, 3.05) is 55.1 Å². The van der Waals surface area contributed by atoms with Crippen molar-refractivity contribution in [3.05, 3.63) is 65.6 Å². The number of benzene rings is 2. The summed E-state index contributed by atoms with van der Waals surface area (Å²) in [5, 5.41) is 6.51. The fraction of sp³-hybridized carbons (Fsp3) is 0.346. The molecule has 2 saturated heterocycles. The molecular weight excluding hydrogens is 499 g/mol. The van der Waals surface area contributed by atoms with Gasteiger partial charge in [-0.15, -0.1) is 0 Å². The van der Waals surface area contributed by atoms with E-state index < -0.39 is 23.1 Å². The zero-order valence-corrected chi connectivity index (χ0v) is 20.6. The van der Waals surface area contributed by atoms with Gasteiger partial charge in [0.15, 0.2) is 11.6 Å². The molecule has 38 heavy (non-hydrogen) atoms. The number of nitrogens with two attached hydrogens (primary N) is 1. The summed E-state index contributed by atoms with van der Waals surface area (Å²) in [6.07, 6.45) is 2.91.